The van der Waals surface area contributed by atoms with E-state index in [9.17, 15) is 13.6 Å². The predicted molar refractivity (Wildman–Crippen MR) is 99.2 cm³/mol. The Labute approximate surface area is 159 Å². The van der Waals surface area contributed by atoms with Gasteiger partial charge in [0.05, 0.1) is 28.4 Å². The summed E-state index contributed by atoms with van der Waals surface area (Å²) in [7, 11) is 0. The number of aromatic nitrogens is 2. The van der Waals surface area contributed by atoms with E-state index in [-0.39, 0.29) is 11.9 Å². The fourth-order valence-corrected chi connectivity index (χ4v) is 3.13. The lowest BCUT2D eigenvalue weighted by Gasteiger charge is -2.20. The van der Waals surface area contributed by atoms with E-state index in [0.29, 0.717) is 17.3 Å². The van der Waals surface area contributed by atoms with Crippen LogP contribution in [0.15, 0.2) is 48.8 Å². The molecule has 1 aromatic heterocycles. The molecule has 0 saturated heterocycles. The predicted octanol–water partition coefficient (Wildman–Crippen LogP) is 4.21. The number of rotatable bonds is 7. The van der Waals surface area contributed by atoms with E-state index in [1.54, 1.807) is 36.7 Å². The summed E-state index contributed by atoms with van der Waals surface area (Å²) in [5.74, 6) is 0.158. The van der Waals surface area contributed by atoms with Gasteiger partial charge in [-0.3, -0.25) is 4.79 Å². The Hall–Kier alpha value is -2.67. The van der Waals surface area contributed by atoms with Crippen molar-refractivity contribution >= 4 is 28.5 Å². The van der Waals surface area contributed by atoms with Gasteiger partial charge in [0.1, 0.15) is 12.4 Å². The van der Waals surface area contributed by atoms with E-state index in [1.807, 2.05) is 16.7 Å². The van der Waals surface area contributed by atoms with Crippen molar-refractivity contribution in [3.8, 4) is 5.75 Å². The molecule has 0 radical (unpaired) electrons. The number of imidazole rings is 1. The summed E-state index contributed by atoms with van der Waals surface area (Å²) in [6.07, 6.45) is -0.859. The highest BCUT2D eigenvalue weighted by Gasteiger charge is 2.16. The molecule has 0 bridgehead atoms. The summed E-state index contributed by atoms with van der Waals surface area (Å²) in [6.45, 7) is 1.19. The molecule has 27 heavy (non-hydrogen) atoms. The zero-order chi connectivity index (χ0) is 19.4. The Balaban J connectivity index is 1.84. The Morgan fingerprint density at radius 1 is 1.26 bits per heavy atom. The molecule has 5 nitrogen and oxygen atoms in total. The van der Waals surface area contributed by atoms with Crippen LogP contribution in [-0.4, -0.2) is 28.5 Å². The second-order valence-corrected chi connectivity index (χ2v) is 6.44. The highest BCUT2D eigenvalue weighted by atomic mass is 35.5. The lowest BCUT2D eigenvalue weighted by molar-refractivity contribution is -0.119. The molecule has 3 rings (SSSR count). The summed E-state index contributed by atoms with van der Waals surface area (Å²) in [4.78, 5) is 16.0. The van der Waals surface area contributed by atoms with Crippen LogP contribution in [0.25, 0.3) is 11.0 Å². The molecule has 3 aromatic rings. The van der Waals surface area contributed by atoms with Crippen LogP contribution in [0, 0.1) is 0 Å². The Morgan fingerprint density at radius 2 is 2.00 bits per heavy atom. The van der Waals surface area contributed by atoms with Gasteiger partial charge in [-0.25, -0.2) is 13.8 Å². The number of ether oxygens (including phenoxy) is 1. The van der Waals surface area contributed by atoms with E-state index >= 15 is 0 Å². The summed E-state index contributed by atoms with van der Waals surface area (Å²) in [6, 6.07) is 11.8. The third-order valence-electron chi connectivity index (χ3n) is 4.00. The number of nitrogens with zero attached hydrogens (tertiary/aromatic N) is 2. The first-order valence-corrected chi connectivity index (χ1v) is 8.69. The van der Waals surface area contributed by atoms with Crippen LogP contribution >= 0.6 is 11.6 Å². The molecule has 0 fully saturated rings. The van der Waals surface area contributed by atoms with E-state index in [1.165, 1.54) is 6.92 Å². The van der Waals surface area contributed by atoms with E-state index in [2.05, 4.69) is 10.3 Å². The van der Waals surface area contributed by atoms with Gasteiger partial charge in [-0.05, 0) is 29.8 Å². The molecule has 8 heteroatoms. The minimum Gasteiger partial charge on any atom is -0.488 e. The fourth-order valence-electron chi connectivity index (χ4n) is 2.85. The van der Waals surface area contributed by atoms with Crippen LogP contribution in [0.5, 0.6) is 5.75 Å². The lowest BCUT2D eigenvalue weighted by Crippen LogP contribution is -2.29. The first-order valence-electron chi connectivity index (χ1n) is 8.31. The quantitative estimate of drug-likeness (QED) is 0.654. The summed E-state index contributed by atoms with van der Waals surface area (Å²) in [5, 5.41) is 3.47. The van der Waals surface area contributed by atoms with Gasteiger partial charge in [0.2, 0.25) is 5.91 Å². The fraction of sp³-hybridized carbons (Fsp3) is 0.263. The maximum absolute atomic E-state index is 12.3. The van der Waals surface area contributed by atoms with Crippen LogP contribution < -0.4 is 10.1 Å². The van der Waals surface area contributed by atoms with Crippen LogP contribution in [0.2, 0.25) is 5.02 Å². The third-order valence-corrected chi connectivity index (χ3v) is 4.31. The maximum Gasteiger partial charge on any atom is 0.272 e. The SMILES string of the molecule is CC(=O)NC(Cn1cnc2cccc(Cl)c21)c1ccc(OCC(F)F)cc1. The molecule has 1 atom stereocenters. The van der Waals surface area contributed by atoms with E-state index in [0.717, 1.165) is 16.6 Å². The molecule has 0 aliphatic heterocycles. The zero-order valence-electron chi connectivity index (χ0n) is 14.5. The molecule has 0 aliphatic rings. The molecular weight excluding hydrogens is 376 g/mol. The summed E-state index contributed by atoms with van der Waals surface area (Å²) < 4.78 is 31.4. The van der Waals surface area contributed by atoms with Crippen molar-refractivity contribution in [1.82, 2.24) is 14.9 Å². The van der Waals surface area contributed by atoms with Gasteiger partial charge in [0, 0.05) is 13.5 Å². The number of amides is 1. The number of hydrogen-bond donors (Lipinski definition) is 1. The topological polar surface area (TPSA) is 56.2 Å². The van der Waals surface area contributed by atoms with Gasteiger partial charge in [0.25, 0.3) is 6.43 Å². The number of nitrogens with one attached hydrogen (secondary N) is 1. The molecule has 1 N–H and O–H groups in total. The van der Waals surface area contributed by atoms with Crippen LogP contribution in [-0.2, 0) is 11.3 Å². The number of para-hydroxylation sites is 1. The number of halogens is 3. The number of carbonyl (C=O) groups excluding carboxylic acids is 1. The number of benzene rings is 2. The molecule has 0 saturated carbocycles. The second-order valence-electron chi connectivity index (χ2n) is 6.03. The minimum absolute atomic E-state index is 0.187. The maximum atomic E-state index is 12.3. The van der Waals surface area contributed by atoms with Gasteiger partial charge in [-0.2, -0.15) is 0 Å². The molecule has 0 spiro atoms. The standard InChI is InChI=1S/C19H18ClF2N3O2/c1-12(26)24-17(13-5-7-14(8-6-13)27-10-18(21)22)9-25-11-23-16-4-2-3-15(20)19(16)25/h2-8,11,17-18H,9-10H2,1H3,(H,24,26). The molecule has 1 amide bonds. The first kappa shape index (κ1) is 19.1. The third kappa shape index (κ3) is 4.74. The number of hydrogen-bond acceptors (Lipinski definition) is 3. The van der Waals surface area contributed by atoms with Gasteiger partial charge >= 0.3 is 0 Å². The van der Waals surface area contributed by atoms with Crippen molar-refractivity contribution in [1.29, 1.82) is 0 Å². The Bertz CT molecular complexity index is 928. The van der Waals surface area contributed by atoms with Gasteiger partial charge in [0.15, 0.2) is 0 Å². The Morgan fingerprint density at radius 3 is 2.67 bits per heavy atom. The second kappa shape index (κ2) is 8.35. The smallest absolute Gasteiger partial charge is 0.272 e. The van der Waals surface area contributed by atoms with Crippen molar-refractivity contribution < 1.29 is 18.3 Å². The zero-order valence-corrected chi connectivity index (χ0v) is 15.3. The van der Waals surface area contributed by atoms with E-state index in [4.69, 9.17) is 16.3 Å². The van der Waals surface area contributed by atoms with Crippen molar-refractivity contribution in [3.05, 3.63) is 59.4 Å². The largest absolute Gasteiger partial charge is 0.488 e. The number of carbonyl (C=O) groups is 1. The van der Waals surface area contributed by atoms with Crippen molar-refractivity contribution in [2.45, 2.75) is 25.9 Å². The van der Waals surface area contributed by atoms with Gasteiger partial charge in [-0.1, -0.05) is 29.8 Å². The normalized spacial score (nSPS) is 12.3. The van der Waals surface area contributed by atoms with Gasteiger partial charge < -0.3 is 14.6 Å². The number of fused-ring (bicyclic) bond motifs is 1. The van der Waals surface area contributed by atoms with Crippen molar-refractivity contribution in [2.24, 2.45) is 0 Å². The summed E-state index contributed by atoms with van der Waals surface area (Å²) in [5.41, 5.74) is 2.36. The number of alkyl halides is 2. The summed E-state index contributed by atoms with van der Waals surface area (Å²) >= 11 is 6.29. The molecule has 1 unspecified atom stereocenters. The average molecular weight is 394 g/mol. The molecular formula is C19H18ClF2N3O2. The highest BCUT2D eigenvalue weighted by molar-refractivity contribution is 6.34. The molecule has 1 heterocycles. The van der Waals surface area contributed by atoms with Crippen LogP contribution in [0.3, 0.4) is 0 Å². The van der Waals surface area contributed by atoms with E-state index < -0.39 is 13.0 Å². The monoisotopic (exact) mass is 393 g/mol. The lowest BCUT2D eigenvalue weighted by atomic mass is 10.1. The molecule has 142 valence electrons. The molecule has 0 aliphatic carbocycles. The van der Waals surface area contributed by atoms with Crippen molar-refractivity contribution in [2.75, 3.05) is 6.61 Å². The minimum atomic E-state index is -2.53. The Kier molecular flexibility index (Phi) is 5.91. The van der Waals surface area contributed by atoms with Crippen LogP contribution in [0.1, 0.15) is 18.5 Å². The first-order chi connectivity index (χ1) is 12.9. The molecule has 2 aromatic carbocycles. The van der Waals surface area contributed by atoms with Gasteiger partial charge in [-0.15, -0.1) is 0 Å². The highest BCUT2D eigenvalue weighted by Crippen LogP contribution is 2.26. The average Bonchev–Trinajstić information content (AvgIpc) is 3.04. The van der Waals surface area contributed by atoms with Crippen LogP contribution in [0.4, 0.5) is 8.78 Å². The van der Waals surface area contributed by atoms with Crippen molar-refractivity contribution in [3.63, 3.8) is 0 Å².